The summed E-state index contributed by atoms with van der Waals surface area (Å²) in [5, 5.41) is 9.78. The molecule has 0 radical (unpaired) electrons. The Morgan fingerprint density at radius 3 is 2.63 bits per heavy atom. The number of rotatable bonds is 5. The van der Waals surface area contributed by atoms with Gasteiger partial charge in [0.05, 0.1) is 23.3 Å². The largest absolute Gasteiger partial charge is 0.321 e. The van der Waals surface area contributed by atoms with Crippen LogP contribution in [0.2, 0.25) is 0 Å². The molecular weight excluding hydrogens is 454 g/mol. The van der Waals surface area contributed by atoms with Crippen molar-refractivity contribution in [2.75, 3.05) is 25.0 Å². The summed E-state index contributed by atoms with van der Waals surface area (Å²) in [6.45, 7) is 13.1. The molecule has 2 aliphatic heterocycles. The van der Waals surface area contributed by atoms with E-state index in [0.717, 1.165) is 43.8 Å². The molecule has 8 nitrogen and oxygen atoms in total. The van der Waals surface area contributed by atoms with Gasteiger partial charge in [-0.2, -0.15) is 5.10 Å². The van der Waals surface area contributed by atoms with Gasteiger partial charge in [0.2, 0.25) is 0 Å². The van der Waals surface area contributed by atoms with Crippen molar-refractivity contribution in [2.24, 2.45) is 0 Å². The van der Waals surface area contributed by atoms with Crippen LogP contribution in [0.15, 0.2) is 18.2 Å². The minimum Gasteiger partial charge on any atom is -0.319 e. The van der Waals surface area contributed by atoms with Gasteiger partial charge >= 0.3 is 6.03 Å². The molecule has 190 valence electrons. The normalized spacial score (nSPS) is 21.8. The average molecular weight is 489 g/mol. The van der Waals surface area contributed by atoms with Crippen molar-refractivity contribution in [1.29, 1.82) is 0 Å². The van der Waals surface area contributed by atoms with E-state index in [4.69, 9.17) is 0 Å². The molecule has 4 rings (SSSR count). The molecule has 1 aromatic carbocycles. The number of carbonyl (C=O) groups excluding carboxylic acids is 2. The number of aromatic amines is 1. The van der Waals surface area contributed by atoms with Gasteiger partial charge < -0.3 is 15.1 Å². The number of unbranched alkanes of at least 4 members (excludes halogenated alkanes) is 1. The Labute approximate surface area is 204 Å². The number of piperazine rings is 1. The molecule has 35 heavy (non-hydrogen) atoms. The Bertz CT molecular complexity index is 1120. The predicted octanol–water partition coefficient (Wildman–Crippen LogP) is 4.31. The molecule has 0 bridgehead atoms. The van der Waals surface area contributed by atoms with Crippen molar-refractivity contribution in [3.05, 3.63) is 46.7 Å². The number of carbonyl (C=O) groups is 2. The van der Waals surface area contributed by atoms with Crippen LogP contribution in [-0.4, -0.2) is 68.6 Å². The second-order valence-electron chi connectivity index (χ2n) is 10.1. The lowest BCUT2D eigenvalue weighted by molar-refractivity contribution is 0.0345. The Balaban J connectivity index is 1.50. The van der Waals surface area contributed by atoms with Gasteiger partial charge in [0.15, 0.2) is 5.82 Å². The van der Waals surface area contributed by atoms with Crippen molar-refractivity contribution < 1.29 is 18.4 Å². The molecule has 0 unspecified atom stereocenters. The highest BCUT2D eigenvalue weighted by Crippen LogP contribution is 2.41. The van der Waals surface area contributed by atoms with Crippen molar-refractivity contribution in [3.63, 3.8) is 0 Å². The molecule has 0 spiro atoms. The van der Waals surface area contributed by atoms with Crippen LogP contribution < -0.4 is 5.32 Å². The van der Waals surface area contributed by atoms with E-state index in [1.54, 1.807) is 4.90 Å². The molecule has 1 saturated heterocycles. The molecular formula is C25H34F2N6O2. The lowest BCUT2D eigenvalue weighted by atomic mass is 10.0. The first-order chi connectivity index (χ1) is 16.5. The summed E-state index contributed by atoms with van der Waals surface area (Å²) in [6, 6.07) is 3.07. The summed E-state index contributed by atoms with van der Waals surface area (Å²) in [5.74, 6) is -2.20. The molecule has 1 fully saturated rings. The number of hydrogen-bond donors (Lipinski definition) is 2. The van der Waals surface area contributed by atoms with Crippen LogP contribution in [0.25, 0.3) is 0 Å². The minimum atomic E-state index is -0.951. The molecule has 1 aromatic heterocycles. The van der Waals surface area contributed by atoms with E-state index in [1.165, 1.54) is 0 Å². The first-order valence-corrected chi connectivity index (χ1v) is 12.2. The molecule has 2 N–H and O–H groups in total. The fraction of sp³-hybridized carbons (Fsp3) is 0.560. The summed E-state index contributed by atoms with van der Waals surface area (Å²) in [7, 11) is 0. The van der Waals surface area contributed by atoms with Gasteiger partial charge in [0.1, 0.15) is 11.6 Å². The summed E-state index contributed by atoms with van der Waals surface area (Å²) >= 11 is 0. The zero-order valence-electron chi connectivity index (χ0n) is 21.0. The SMILES string of the molecule is CCCCN1C[C@H](C)N(C(=O)N2Cc3c(NC(=O)c4ccc(F)cc4F)n[nH]c3C2(C)C)C[C@H]1C. The number of halogens is 2. The summed E-state index contributed by atoms with van der Waals surface area (Å²) in [6.07, 6.45) is 2.28. The minimum absolute atomic E-state index is 0.0593. The number of benzene rings is 1. The van der Waals surface area contributed by atoms with E-state index in [0.29, 0.717) is 18.2 Å². The Morgan fingerprint density at radius 2 is 1.94 bits per heavy atom. The van der Waals surface area contributed by atoms with Crippen molar-refractivity contribution in [3.8, 4) is 0 Å². The van der Waals surface area contributed by atoms with Gasteiger partial charge in [-0.15, -0.1) is 0 Å². The number of H-pyrrole nitrogens is 1. The number of anilines is 1. The predicted molar refractivity (Wildman–Crippen MR) is 129 cm³/mol. The quantitative estimate of drug-likeness (QED) is 0.657. The lowest BCUT2D eigenvalue weighted by Gasteiger charge is -2.46. The average Bonchev–Trinajstić information content (AvgIpc) is 3.31. The first-order valence-electron chi connectivity index (χ1n) is 12.2. The maximum absolute atomic E-state index is 14.1. The van der Waals surface area contributed by atoms with Crippen molar-refractivity contribution in [2.45, 2.75) is 71.6 Å². The summed E-state index contributed by atoms with van der Waals surface area (Å²) in [5.41, 5.74) is 0.452. The monoisotopic (exact) mass is 488 g/mol. The Kier molecular flexibility index (Phi) is 6.86. The fourth-order valence-corrected chi connectivity index (χ4v) is 5.07. The van der Waals surface area contributed by atoms with E-state index >= 15 is 0 Å². The third kappa shape index (κ3) is 4.63. The molecule has 3 heterocycles. The lowest BCUT2D eigenvalue weighted by Crippen LogP contribution is -2.61. The van der Waals surface area contributed by atoms with Gasteiger partial charge in [0, 0.05) is 36.8 Å². The van der Waals surface area contributed by atoms with E-state index in [-0.39, 0.29) is 36.0 Å². The molecule has 2 atom stereocenters. The van der Waals surface area contributed by atoms with Crippen LogP contribution in [-0.2, 0) is 12.1 Å². The van der Waals surface area contributed by atoms with E-state index in [9.17, 15) is 18.4 Å². The molecule has 0 aliphatic carbocycles. The maximum Gasteiger partial charge on any atom is 0.321 e. The zero-order valence-corrected chi connectivity index (χ0v) is 21.0. The number of hydrogen-bond acceptors (Lipinski definition) is 4. The fourth-order valence-electron chi connectivity index (χ4n) is 5.07. The second kappa shape index (κ2) is 9.56. The van der Waals surface area contributed by atoms with Gasteiger partial charge in [-0.3, -0.25) is 14.8 Å². The molecule has 0 saturated carbocycles. The van der Waals surface area contributed by atoms with Crippen LogP contribution in [0.5, 0.6) is 0 Å². The molecule has 10 heteroatoms. The van der Waals surface area contributed by atoms with Crippen LogP contribution >= 0.6 is 0 Å². The van der Waals surface area contributed by atoms with E-state index in [2.05, 4.69) is 41.2 Å². The number of aromatic nitrogens is 2. The number of nitrogens with one attached hydrogen (secondary N) is 2. The number of nitrogens with zero attached hydrogens (tertiary/aromatic N) is 4. The topological polar surface area (TPSA) is 84.6 Å². The van der Waals surface area contributed by atoms with Gasteiger partial charge in [-0.05, 0) is 52.8 Å². The highest BCUT2D eigenvalue weighted by Gasteiger charge is 2.46. The highest BCUT2D eigenvalue weighted by molar-refractivity contribution is 6.04. The van der Waals surface area contributed by atoms with Gasteiger partial charge in [0.25, 0.3) is 5.91 Å². The third-order valence-electron chi connectivity index (χ3n) is 7.27. The number of fused-ring (bicyclic) bond motifs is 1. The Hall–Kier alpha value is -3.01. The van der Waals surface area contributed by atoms with Crippen molar-refractivity contribution >= 4 is 17.8 Å². The van der Waals surface area contributed by atoms with Crippen LogP contribution in [0.1, 0.15) is 69.1 Å². The van der Waals surface area contributed by atoms with E-state index in [1.807, 2.05) is 18.7 Å². The number of urea groups is 1. The second-order valence-corrected chi connectivity index (χ2v) is 10.1. The number of amides is 3. The van der Waals surface area contributed by atoms with Crippen molar-refractivity contribution in [1.82, 2.24) is 24.9 Å². The molecule has 3 amide bonds. The van der Waals surface area contributed by atoms with Crippen LogP contribution in [0.3, 0.4) is 0 Å². The van der Waals surface area contributed by atoms with Crippen LogP contribution in [0, 0.1) is 11.6 Å². The molecule has 2 aliphatic rings. The van der Waals surface area contributed by atoms with Gasteiger partial charge in [-0.1, -0.05) is 13.3 Å². The standard InChI is InChI=1S/C25H34F2N6O2/c1-6-7-10-31-12-16(3)32(13-15(31)2)24(35)33-14-19-21(25(33,4)5)29-30-22(19)28-23(34)18-9-8-17(26)11-20(18)27/h8-9,11,15-16H,6-7,10,12-14H2,1-5H3,(H2,28,29,30,34)/t15-,16+/m1/s1. The molecule has 2 aromatic rings. The summed E-state index contributed by atoms with van der Waals surface area (Å²) in [4.78, 5) is 32.5. The first kappa shape index (κ1) is 25.1. The smallest absolute Gasteiger partial charge is 0.319 e. The van der Waals surface area contributed by atoms with Gasteiger partial charge in [-0.25, -0.2) is 13.6 Å². The zero-order chi connectivity index (χ0) is 25.5. The third-order valence-corrected chi connectivity index (χ3v) is 7.27. The highest BCUT2D eigenvalue weighted by atomic mass is 19.1. The Morgan fingerprint density at radius 1 is 1.20 bits per heavy atom. The summed E-state index contributed by atoms with van der Waals surface area (Å²) < 4.78 is 27.3. The maximum atomic E-state index is 14.1. The van der Waals surface area contributed by atoms with E-state index < -0.39 is 23.1 Å². The van der Waals surface area contributed by atoms with Crippen LogP contribution in [0.4, 0.5) is 19.4 Å².